The molecule has 0 aliphatic heterocycles. The third-order valence-corrected chi connectivity index (χ3v) is 2.54. The number of amides is 1. The maximum absolute atomic E-state index is 11.7. The summed E-state index contributed by atoms with van der Waals surface area (Å²) in [5.74, 6) is -0.366. The van der Waals surface area contributed by atoms with Gasteiger partial charge in [-0.3, -0.25) is 4.79 Å². The number of pyridine rings is 1. The first-order valence-electron chi connectivity index (χ1n) is 5.44. The van der Waals surface area contributed by atoms with E-state index in [0.717, 1.165) is 6.42 Å². The van der Waals surface area contributed by atoms with Gasteiger partial charge in [0.1, 0.15) is 10.8 Å². The van der Waals surface area contributed by atoms with Crippen LogP contribution in [0.1, 0.15) is 16.9 Å². The first-order valence-corrected chi connectivity index (χ1v) is 6.19. The molecule has 0 radical (unpaired) electrons. The molecule has 0 spiro atoms. The highest BCUT2D eigenvalue weighted by molar-refractivity contribution is 6.34. The number of ether oxygens (including phenoxy) is 1. The Balaban J connectivity index is 2.36. The highest BCUT2D eigenvalue weighted by Crippen LogP contribution is 2.16. The summed E-state index contributed by atoms with van der Waals surface area (Å²) in [6.45, 7) is 4.99. The largest absolute Gasteiger partial charge is 0.379 e. The van der Waals surface area contributed by atoms with E-state index in [1.807, 2.05) is 0 Å². The van der Waals surface area contributed by atoms with Crippen LogP contribution in [0.2, 0.25) is 10.2 Å². The van der Waals surface area contributed by atoms with Crippen molar-refractivity contribution in [2.75, 3.05) is 19.8 Å². The molecule has 98 valence electrons. The molecular weight excluding hydrogens is 275 g/mol. The Morgan fingerprint density at radius 1 is 1.44 bits per heavy atom. The molecule has 0 unspecified atom stereocenters. The van der Waals surface area contributed by atoms with Crippen LogP contribution in [0.4, 0.5) is 0 Å². The number of hydrogen-bond donors (Lipinski definition) is 1. The van der Waals surface area contributed by atoms with Gasteiger partial charge in [0.2, 0.25) is 0 Å². The van der Waals surface area contributed by atoms with Gasteiger partial charge < -0.3 is 10.1 Å². The van der Waals surface area contributed by atoms with Gasteiger partial charge in [0.15, 0.2) is 0 Å². The molecule has 1 heterocycles. The number of rotatable bonds is 7. The normalized spacial score (nSPS) is 10.1. The lowest BCUT2D eigenvalue weighted by Crippen LogP contribution is -2.28. The molecule has 18 heavy (non-hydrogen) atoms. The molecule has 0 aliphatic carbocycles. The SMILES string of the molecule is C=CCCOCCNC(=O)c1nc(Cl)ccc1Cl. The van der Waals surface area contributed by atoms with Gasteiger partial charge in [0.25, 0.3) is 5.91 Å². The van der Waals surface area contributed by atoms with Crippen LogP contribution in [0.15, 0.2) is 24.8 Å². The molecule has 0 aromatic carbocycles. The zero-order valence-corrected chi connectivity index (χ0v) is 11.3. The summed E-state index contributed by atoms with van der Waals surface area (Å²) in [5.41, 5.74) is 0.121. The molecule has 1 aromatic rings. The first-order chi connectivity index (χ1) is 8.65. The minimum atomic E-state index is -0.366. The molecule has 1 amide bonds. The number of aromatic nitrogens is 1. The second-order valence-electron chi connectivity index (χ2n) is 3.41. The topological polar surface area (TPSA) is 51.2 Å². The van der Waals surface area contributed by atoms with E-state index in [4.69, 9.17) is 27.9 Å². The quantitative estimate of drug-likeness (QED) is 0.477. The smallest absolute Gasteiger partial charge is 0.271 e. The van der Waals surface area contributed by atoms with Crippen molar-refractivity contribution in [2.24, 2.45) is 0 Å². The average Bonchev–Trinajstić information content (AvgIpc) is 2.36. The standard InChI is InChI=1S/C12H14Cl2N2O2/c1-2-3-7-18-8-6-15-12(17)11-9(13)4-5-10(14)16-11/h2,4-5H,1,3,6-8H2,(H,15,17). The van der Waals surface area contributed by atoms with Crippen LogP contribution in [0.3, 0.4) is 0 Å². The fraction of sp³-hybridized carbons (Fsp3) is 0.333. The molecule has 1 rings (SSSR count). The Kier molecular flexibility index (Phi) is 6.72. The summed E-state index contributed by atoms with van der Waals surface area (Å²) in [6, 6.07) is 3.06. The molecular formula is C12H14Cl2N2O2. The minimum Gasteiger partial charge on any atom is -0.379 e. The second kappa shape index (κ2) is 8.08. The number of halogens is 2. The molecule has 0 saturated heterocycles. The van der Waals surface area contributed by atoms with Gasteiger partial charge in [-0.15, -0.1) is 6.58 Å². The van der Waals surface area contributed by atoms with E-state index in [0.29, 0.717) is 19.8 Å². The third kappa shape index (κ3) is 5.04. The van der Waals surface area contributed by atoms with Crippen LogP contribution < -0.4 is 5.32 Å². The van der Waals surface area contributed by atoms with E-state index in [-0.39, 0.29) is 21.8 Å². The van der Waals surface area contributed by atoms with Crippen LogP contribution >= 0.6 is 23.2 Å². The maximum Gasteiger partial charge on any atom is 0.271 e. The number of hydrogen-bond acceptors (Lipinski definition) is 3. The van der Waals surface area contributed by atoms with Gasteiger partial charge in [0, 0.05) is 6.54 Å². The Morgan fingerprint density at radius 2 is 2.22 bits per heavy atom. The van der Waals surface area contributed by atoms with Crippen molar-refractivity contribution >= 4 is 29.1 Å². The number of nitrogens with one attached hydrogen (secondary N) is 1. The van der Waals surface area contributed by atoms with Gasteiger partial charge in [-0.25, -0.2) is 4.98 Å². The zero-order valence-electron chi connectivity index (χ0n) is 9.79. The first kappa shape index (κ1) is 15.0. The van der Waals surface area contributed by atoms with Crippen molar-refractivity contribution in [2.45, 2.75) is 6.42 Å². The Bertz CT molecular complexity index is 425. The van der Waals surface area contributed by atoms with E-state index < -0.39 is 0 Å². The van der Waals surface area contributed by atoms with Crippen LogP contribution in [0.5, 0.6) is 0 Å². The molecule has 6 heteroatoms. The van der Waals surface area contributed by atoms with Gasteiger partial charge >= 0.3 is 0 Å². The summed E-state index contributed by atoms with van der Waals surface area (Å²) in [7, 11) is 0. The van der Waals surface area contributed by atoms with E-state index in [9.17, 15) is 4.79 Å². The molecule has 4 nitrogen and oxygen atoms in total. The number of carbonyl (C=O) groups is 1. The lowest BCUT2D eigenvalue weighted by molar-refractivity contribution is 0.0913. The summed E-state index contributed by atoms with van der Waals surface area (Å²) in [6.07, 6.45) is 2.56. The highest BCUT2D eigenvalue weighted by Gasteiger charge is 2.11. The number of carbonyl (C=O) groups excluding carboxylic acids is 1. The second-order valence-corrected chi connectivity index (χ2v) is 4.20. The maximum atomic E-state index is 11.7. The zero-order chi connectivity index (χ0) is 13.4. The lowest BCUT2D eigenvalue weighted by atomic mass is 10.3. The van der Waals surface area contributed by atoms with Gasteiger partial charge in [-0.1, -0.05) is 29.3 Å². The molecule has 0 aliphatic rings. The Morgan fingerprint density at radius 3 is 2.94 bits per heavy atom. The lowest BCUT2D eigenvalue weighted by Gasteiger charge is -2.06. The average molecular weight is 289 g/mol. The van der Waals surface area contributed by atoms with Gasteiger partial charge in [-0.2, -0.15) is 0 Å². The van der Waals surface area contributed by atoms with E-state index in [1.54, 1.807) is 6.08 Å². The van der Waals surface area contributed by atoms with E-state index in [1.165, 1.54) is 12.1 Å². The van der Waals surface area contributed by atoms with Crippen molar-refractivity contribution < 1.29 is 9.53 Å². The fourth-order valence-electron chi connectivity index (χ4n) is 1.17. The summed E-state index contributed by atoms with van der Waals surface area (Å²) in [4.78, 5) is 15.6. The number of nitrogens with zero attached hydrogens (tertiary/aromatic N) is 1. The van der Waals surface area contributed by atoms with Crippen molar-refractivity contribution in [1.29, 1.82) is 0 Å². The van der Waals surface area contributed by atoms with Crippen molar-refractivity contribution in [3.05, 3.63) is 40.7 Å². The van der Waals surface area contributed by atoms with Crippen molar-refractivity contribution in [3.63, 3.8) is 0 Å². The molecule has 0 saturated carbocycles. The van der Waals surface area contributed by atoms with Crippen LogP contribution in [0, 0.1) is 0 Å². The summed E-state index contributed by atoms with van der Waals surface area (Å²) < 4.78 is 5.25. The van der Waals surface area contributed by atoms with Crippen LogP contribution in [-0.2, 0) is 4.74 Å². The summed E-state index contributed by atoms with van der Waals surface area (Å²) >= 11 is 11.5. The Hall–Kier alpha value is -1.10. The van der Waals surface area contributed by atoms with Gasteiger partial charge in [-0.05, 0) is 18.6 Å². The monoisotopic (exact) mass is 288 g/mol. The van der Waals surface area contributed by atoms with Crippen LogP contribution in [-0.4, -0.2) is 30.6 Å². The predicted octanol–water partition coefficient (Wildman–Crippen LogP) is 2.71. The Labute approximate surface area is 116 Å². The van der Waals surface area contributed by atoms with Crippen molar-refractivity contribution in [3.8, 4) is 0 Å². The molecule has 1 N–H and O–H groups in total. The van der Waals surface area contributed by atoms with E-state index >= 15 is 0 Å². The third-order valence-electron chi connectivity index (χ3n) is 2.03. The highest BCUT2D eigenvalue weighted by atomic mass is 35.5. The summed E-state index contributed by atoms with van der Waals surface area (Å²) in [5, 5.41) is 3.15. The molecule has 0 atom stereocenters. The molecule has 1 aromatic heterocycles. The fourth-order valence-corrected chi connectivity index (χ4v) is 1.51. The molecule has 0 fully saturated rings. The minimum absolute atomic E-state index is 0.121. The van der Waals surface area contributed by atoms with E-state index in [2.05, 4.69) is 16.9 Å². The van der Waals surface area contributed by atoms with Crippen LogP contribution in [0.25, 0.3) is 0 Å². The van der Waals surface area contributed by atoms with Crippen molar-refractivity contribution in [1.82, 2.24) is 10.3 Å². The molecule has 0 bridgehead atoms. The van der Waals surface area contributed by atoms with Gasteiger partial charge in [0.05, 0.1) is 18.2 Å². The predicted molar refractivity (Wildman–Crippen MR) is 72.2 cm³/mol.